The van der Waals surface area contributed by atoms with Crippen LogP contribution < -0.4 is 14.4 Å². The smallest absolute Gasteiger partial charge is 0.264 e. The molecule has 0 saturated heterocycles. The quantitative estimate of drug-likeness (QED) is 0.666. The Hall–Kier alpha value is -3.48. The van der Waals surface area contributed by atoms with Gasteiger partial charge >= 0.3 is 0 Å². The van der Waals surface area contributed by atoms with Gasteiger partial charge in [-0.05, 0) is 42.8 Å². The summed E-state index contributed by atoms with van der Waals surface area (Å²) in [6.07, 6.45) is 1.99. The van der Waals surface area contributed by atoms with Crippen LogP contribution in [0.4, 0.5) is 14.5 Å². The fourth-order valence-electron chi connectivity index (χ4n) is 3.04. The lowest BCUT2D eigenvalue weighted by molar-refractivity contribution is -0.120. The van der Waals surface area contributed by atoms with Crippen LogP contribution >= 0.6 is 0 Å². The summed E-state index contributed by atoms with van der Waals surface area (Å²) in [4.78, 5) is 17.9. The Kier molecular flexibility index (Phi) is 4.89. The van der Waals surface area contributed by atoms with E-state index in [1.54, 1.807) is 42.6 Å². The molecule has 2 aromatic carbocycles. The molecule has 7 heteroatoms. The molecule has 2 heterocycles. The van der Waals surface area contributed by atoms with Crippen LogP contribution in [0.3, 0.4) is 0 Å². The average molecular weight is 382 g/mol. The van der Waals surface area contributed by atoms with Crippen molar-refractivity contribution in [1.29, 1.82) is 0 Å². The number of carbonyl (C=O) groups excluding carboxylic acids is 1. The van der Waals surface area contributed by atoms with Crippen LogP contribution in [0.15, 0.2) is 60.8 Å². The third kappa shape index (κ3) is 3.78. The molecule has 0 atom stereocenters. The number of hydrogen-bond acceptors (Lipinski definition) is 4. The third-order valence-electron chi connectivity index (χ3n) is 4.36. The van der Waals surface area contributed by atoms with Gasteiger partial charge in [-0.15, -0.1) is 0 Å². The number of nitrogens with zero attached hydrogens (tertiary/aromatic N) is 2. The van der Waals surface area contributed by atoms with Crippen molar-refractivity contribution in [2.45, 2.75) is 6.42 Å². The van der Waals surface area contributed by atoms with Crippen molar-refractivity contribution in [3.05, 3.63) is 78.0 Å². The molecule has 1 amide bonds. The summed E-state index contributed by atoms with van der Waals surface area (Å²) in [5.74, 6) is -0.172. The van der Waals surface area contributed by atoms with Crippen LogP contribution in [-0.4, -0.2) is 24.0 Å². The van der Waals surface area contributed by atoms with Gasteiger partial charge in [0.2, 0.25) is 5.88 Å². The van der Waals surface area contributed by atoms with Crippen molar-refractivity contribution in [3.63, 3.8) is 0 Å². The Balaban J connectivity index is 1.37. The summed E-state index contributed by atoms with van der Waals surface area (Å²) in [5, 5.41) is 0. The Morgan fingerprint density at radius 2 is 1.86 bits per heavy atom. The van der Waals surface area contributed by atoms with Gasteiger partial charge in [0.1, 0.15) is 23.1 Å². The van der Waals surface area contributed by atoms with Gasteiger partial charge in [-0.1, -0.05) is 6.07 Å². The second-order valence-corrected chi connectivity index (χ2v) is 6.21. The molecule has 28 heavy (non-hydrogen) atoms. The Labute approximate surface area is 160 Å². The normalized spacial score (nSPS) is 12.6. The second kappa shape index (κ2) is 7.64. The van der Waals surface area contributed by atoms with Gasteiger partial charge in [0.15, 0.2) is 6.61 Å². The molecule has 0 aliphatic carbocycles. The first kappa shape index (κ1) is 17.9. The fraction of sp³-hybridized carbons (Fsp3) is 0.143. The maximum absolute atomic E-state index is 13.8. The van der Waals surface area contributed by atoms with Gasteiger partial charge in [0.05, 0.1) is 5.69 Å². The molecule has 1 aliphatic heterocycles. The summed E-state index contributed by atoms with van der Waals surface area (Å²) >= 11 is 0. The number of halogens is 2. The molecule has 1 aromatic heterocycles. The van der Waals surface area contributed by atoms with Gasteiger partial charge in [-0.25, -0.2) is 13.8 Å². The minimum Gasteiger partial charge on any atom is -0.484 e. The van der Waals surface area contributed by atoms with Crippen LogP contribution in [0, 0.1) is 11.6 Å². The number of fused-ring (bicyclic) bond motifs is 1. The molecule has 1 aliphatic rings. The molecule has 142 valence electrons. The van der Waals surface area contributed by atoms with Gasteiger partial charge in [-0.3, -0.25) is 4.79 Å². The number of anilines is 1. The van der Waals surface area contributed by atoms with Gasteiger partial charge < -0.3 is 14.4 Å². The highest BCUT2D eigenvalue weighted by Crippen LogP contribution is 2.31. The highest BCUT2D eigenvalue weighted by molar-refractivity contribution is 5.96. The summed E-state index contributed by atoms with van der Waals surface area (Å²) in [6.45, 7) is 0.0623. The number of ether oxygens (including phenoxy) is 2. The van der Waals surface area contributed by atoms with E-state index >= 15 is 0 Å². The van der Waals surface area contributed by atoms with E-state index in [1.165, 1.54) is 11.0 Å². The van der Waals surface area contributed by atoms with Crippen LogP contribution in [0.5, 0.6) is 17.4 Å². The Bertz CT molecular complexity index is 995. The first-order valence-corrected chi connectivity index (χ1v) is 8.70. The van der Waals surface area contributed by atoms with E-state index in [1.807, 2.05) is 6.07 Å². The molecule has 5 nitrogen and oxygen atoms in total. The molecule has 0 radical (unpaired) electrons. The standard InChI is InChI=1S/C21H16F2N2O3/c22-14-11-18(23)17-8-10-25(19(17)12-14)21(26)13-27-15-4-6-16(7-5-15)28-20-3-1-2-9-24-20/h1-7,9,11-12H,8,10,13H2. The van der Waals surface area contributed by atoms with Crippen LogP contribution in [0.2, 0.25) is 0 Å². The molecular weight excluding hydrogens is 366 g/mol. The van der Waals surface area contributed by atoms with Crippen molar-refractivity contribution >= 4 is 11.6 Å². The first-order valence-electron chi connectivity index (χ1n) is 8.70. The van der Waals surface area contributed by atoms with E-state index in [-0.39, 0.29) is 18.2 Å². The number of aromatic nitrogens is 1. The van der Waals surface area contributed by atoms with Crippen molar-refractivity contribution < 1.29 is 23.0 Å². The van der Waals surface area contributed by atoms with Crippen LogP contribution in [-0.2, 0) is 11.2 Å². The highest BCUT2D eigenvalue weighted by Gasteiger charge is 2.28. The van der Waals surface area contributed by atoms with E-state index in [0.29, 0.717) is 35.9 Å². The zero-order valence-corrected chi connectivity index (χ0v) is 14.8. The zero-order valence-electron chi connectivity index (χ0n) is 14.8. The first-order chi connectivity index (χ1) is 13.6. The van der Waals surface area contributed by atoms with Crippen molar-refractivity contribution in [3.8, 4) is 17.4 Å². The molecule has 0 spiro atoms. The average Bonchev–Trinajstić information content (AvgIpc) is 3.12. The lowest BCUT2D eigenvalue weighted by Gasteiger charge is -2.18. The highest BCUT2D eigenvalue weighted by atomic mass is 19.1. The molecular formula is C21H16F2N2O3. The molecule has 3 aromatic rings. The zero-order chi connectivity index (χ0) is 19.5. The molecule has 0 N–H and O–H groups in total. The van der Waals surface area contributed by atoms with Crippen molar-refractivity contribution in [2.75, 3.05) is 18.1 Å². The monoisotopic (exact) mass is 382 g/mol. The topological polar surface area (TPSA) is 51.7 Å². The fourth-order valence-corrected chi connectivity index (χ4v) is 3.04. The maximum Gasteiger partial charge on any atom is 0.264 e. The van der Waals surface area contributed by atoms with Crippen molar-refractivity contribution in [1.82, 2.24) is 4.98 Å². The summed E-state index contributed by atoms with van der Waals surface area (Å²) in [6, 6.07) is 14.1. The van der Waals surface area contributed by atoms with E-state index in [0.717, 1.165) is 6.07 Å². The predicted octanol–water partition coefficient (Wildman–Crippen LogP) is 4.12. The Morgan fingerprint density at radius 1 is 1.07 bits per heavy atom. The number of carbonyl (C=O) groups is 1. The molecule has 0 bridgehead atoms. The summed E-state index contributed by atoms with van der Waals surface area (Å²) in [5.41, 5.74) is 0.621. The van der Waals surface area contributed by atoms with E-state index in [2.05, 4.69) is 4.98 Å². The Morgan fingerprint density at radius 3 is 2.61 bits per heavy atom. The lowest BCUT2D eigenvalue weighted by atomic mass is 10.1. The predicted molar refractivity (Wildman–Crippen MR) is 98.7 cm³/mol. The van der Waals surface area contributed by atoms with Crippen LogP contribution in [0.25, 0.3) is 0 Å². The number of hydrogen-bond donors (Lipinski definition) is 0. The number of rotatable bonds is 5. The van der Waals surface area contributed by atoms with Crippen LogP contribution in [0.1, 0.15) is 5.56 Å². The SMILES string of the molecule is O=C(COc1ccc(Oc2ccccn2)cc1)N1CCc2c(F)cc(F)cc21. The van der Waals surface area contributed by atoms with E-state index in [4.69, 9.17) is 9.47 Å². The van der Waals surface area contributed by atoms with E-state index in [9.17, 15) is 13.6 Å². The largest absolute Gasteiger partial charge is 0.484 e. The minimum atomic E-state index is -0.708. The molecule has 0 unspecified atom stereocenters. The maximum atomic E-state index is 13.8. The van der Waals surface area contributed by atoms with Gasteiger partial charge in [0, 0.05) is 30.4 Å². The lowest BCUT2D eigenvalue weighted by Crippen LogP contribution is -2.33. The number of benzene rings is 2. The minimum absolute atomic E-state index is 0.238. The second-order valence-electron chi connectivity index (χ2n) is 6.21. The van der Waals surface area contributed by atoms with Gasteiger partial charge in [0.25, 0.3) is 5.91 Å². The summed E-state index contributed by atoms with van der Waals surface area (Å²) in [7, 11) is 0. The molecule has 0 fully saturated rings. The molecule has 4 rings (SSSR count). The van der Waals surface area contributed by atoms with Crippen molar-refractivity contribution in [2.24, 2.45) is 0 Å². The van der Waals surface area contributed by atoms with Gasteiger partial charge in [-0.2, -0.15) is 0 Å². The number of pyridine rings is 1. The summed E-state index contributed by atoms with van der Waals surface area (Å²) < 4.78 is 38.4. The third-order valence-corrected chi connectivity index (χ3v) is 4.36. The number of amides is 1. The molecule has 0 saturated carbocycles. The van der Waals surface area contributed by atoms with E-state index < -0.39 is 11.6 Å².